The van der Waals surface area contributed by atoms with Crippen LogP contribution in [0, 0.1) is 13.7 Å². The minimum Gasteiger partial charge on any atom is -0.371 e. The summed E-state index contributed by atoms with van der Waals surface area (Å²) in [5.41, 5.74) is 5.15. The number of hydrogen-bond donors (Lipinski definition) is 2. The molecule has 6 nitrogen and oxygen atoms in total. The van der Waals surface area contributed by atoms with E-state index in [9.17, 15) is 14.9 Å². The van der Waals surface area contributed by atoms with Crippen molar-refractivity contribution in [1.29, 1.82) is 0 Å². The standard InChI is InChI=1S/C8H8IN3O3/c9-5-1-2-6(11-4-8(10)13)7(3-5)12(14)15/h1-3,11H,4H2,(H2,10,13). The van der Waals surface area contributed by atoms with Crippen LogP contribution in [-0.4, -0.2) is 17.4 Å². The Hall–Kier alpha value is -1.38. The first-order valence-electron chi connectivity index (χ1n) is 3.97. The molecule has 0 saturated heterocycles. The van der Waals surface area contributed by atoms with Gasteiger partial charge in [0.25, 0.3) is 5.69 Å². The number of nitro benzene ring substituents is 1. The van der Waals surface area contributed by atoms with Gasteiger partial charge < -0.3 is 11.1 Å². The molecule has 7 heteroatoms. The number of nitro groups is 1. The van der Waals surface area contributed by atoms with Crippen LogP contribution in [0.1, 0.15) is 0 Å². The van der Waals surface area contributed by atoms with Gasteiger partial charge in [-0.05, 0) is 34.7 Å². The van der Waals surface area contributed by atoms with Crippen molar-refractivity contribution in [2.24, 2.45) is 5.73 Å². The third-order valence-corrected chi connectivity index (χ3v) is 2.28. The number of carbonyl (C=O) groups is 1. The molecule has 80 valence electrons. The van der Waals surface area contributed by atoms with Crippen molar-refractivity contribution in [3.05, 3.63) is 31.9 Å². The number of rotatable bonds is 4. The molecule has 0 spiro atoms. The zero-order chi connectivity index (χ0) is 11.4. The molecule has 1 aromatic rings. The second-order valence-corrected chi connectivity index (χ2v) is 3.98. The first-order chi connectivity index (χ1) is 7.00. The van der Waals surface area contributed by atoms with Gasteiger partial charge >= 0.3 is 0 Å². The van der Waals surface area contributed by atoms with Crippen molar-refractivity contribution in [3.8, 4) is 0 Å². The SMILES string of the molecule is NC(=O)CNc1ccc(I)cc1[N+](=O)[O-]. The van der Waals surface area contributed by atoms with Crippen LogP contribution >= 0.6 is 22.6 Å². The fraction of sp³-hybridized carbons (Fsp3) is 0.125. The Labute approximate surface area is 99.1 Å². The maximum atomic E-state index is 10.7. The molecular formula is C8H8IN3O3. The Morgan fingerprint density at radius 3 is 2.80 bits per heavy atom. The predicted octanol–water partition coefficient (Wildman–Crippen LogP) is 1.10. The van der Waals surface area contributed by atoms with Gasteiger partial charge in [0, 0.05) is 9.64 Å². The van der Waals surface area contributed by atoms with Crippen molar-refractivity contribution in [2.75, 3.05) is 11.9 Å². The summed E-state index contributed by atoms with van der Waals surface area (Å²) in [5.74, 6) is -0.567. The number of benzene rings is 1. The summed E-state index contributed by atoms with van der Waals surface area (Å²) < 4.78 is 0.754. The normalized spacial score (nSPS) is 9.67. The van der Waals surface area contributed by atoms with Gasteiger partial charge in [-0.2, -0.15) is 0 Å². The average Bonchev–Trinajstić information content (AvgIpc) is 2.15. The number of carbonyl (C=O) groups excluding carboxylic acids is 1. The number of primary amides is 1. The molecule has 0 aromatic heterocycles. The molecule has 0 bridgehead atoms. The number of nitrogens with zero attached hydrogens (tertiary/aromatic N) is 1. The molecule has 15 heavy (non-hydrogen) atoms. The van der Waals surface area contributed by atoms with Crippen molar-refractivity contribution in [1.82, 2.24) is 0 Å². The van der Waals surface area contributed by atoms with E-state index in [1.54, 1.807) is 12.1 Å². The van der Waals surface area contributed by atoms with Gasteiger partial charge in [0.1, 0.15) is 5.69 Å². The highest BCUT2D eigenvalue weighted by molar-refractivity contribution is 14.1. The van der Waals surface area contributed by atoms with E-state index in [0.29, 0.717) is 5.69 Å². The highest BCUT2D eigenvalue weighted by atomic mass is 127. The molecule has 0 aliphatic rings. The topological polar surface area (TPSA) is 98.3 Å². The maximum Gasteiger partial charge on any atom is 0.293 e. The monoisotopic (exact) mass is 321 g/mol. The molecule has 0 heterocycles. The minimum absolute atomic E-state index is 0.0665. The van der Waals surface area contributed by atoms with Crippen LogP contribution < -0.4 is 11.1 Å². The number of halogens is 1. The van der Waals surface area contributed by atoms with Crippen LogP contribution in [0.2, 0.25) is 0 Å². The van der Waals surface area contributed by atoms with Gasteiger partial charge in [-0.1, -0.05) is 0 Å². The van der Waals surface area contributed by atoms with E-state index in [2.05, 4.69) is 5.32 Å². The Bertz CT molecular complexity index is 408. The molecule has 0 aliphatic heterocycles. The van der Waals surface area contributed by atoms with Crippen molar-refractivity contribution >= 4 is 39.9 Å². The summed E-state index contributed by atoms with van der Waals surface area (Å²) in [4.78, 5) is 20.7. The Kier molecular flexibility index (Phi) is 3.83. The quantitative estimate of drug-likeness (QED) is 0.493. The van der Waals surface area contributed by atoms with Gasteiger partial charge in [0.2, 0.25) is 5.91 Å². The van der Waals surface area contributed by atoms with Crippen LogP contribution in [-0.2, 0) is 4.79 Å². The summed E-state index contributed by atoms with van der Waals surface area (Å²) in [6.07, 6.45) is 0. The second-order valence-electron chi connectivity index (χ2n) is 2.74. The number of nitrogens with two attached hydrogens (primary N) is 1. The molecule has 0 atom stereocenters. The highest BCUT2D eigenvalue weighted by Crippen LogP contribution is 2.25. The van der Waals surface area contributed by atoms with Crippen molar-refractivity contribution in [2.45, 2.75) is 0 Å². The van der Waals surface area contributed by atoms with Crippen LogP contribution in [0.25, 0.3) is 0 Å². The molecule has 1 amide bonds. The van der Waals surface area contributed by atoms with E-state index in [4.69, 9.17) is 5.73 Å². The van der Waals surface area contributed by atoms with E-state index in [1.165, 1.54) is 6.07 Å². The van der Waals surface area contributed by atoms with Crippen molar-refractivity contribution in [3.63, 3.8) is 0 Å². The lowest BCUT2D eigenvalue weighted by atomic mass is 10.2. The molecule has 0 fully saturated rings. The molecule has 0 saturated carbocycles. The zero-order valence-electron chi connectivity index (χ0n) is 7.57. The van der Waals surface area contributed by atoms with Crippen LogP contribution in [0.4, 0.5) is 11.4 Å². The fourth-order valence-electron chi connectivity index (χ4n) is 0.988. The Morgan fingerprint density at radius 2 is 2.27 bits per heavy atom. The predicted molar refractivity (Wildman–Crippen MR) is 63.5 cm³/mol. The van der Waals surface area contributed by atoms with Gasteiger partial charge in [-0.3, -0.25) is 14.9 Å². The molecule has 1 aromatic carbocycles. The van der Waals surface area contributed by atoms with Crippen LogP contribution in [0.15, 0.2) is 18.2 Å². The van der Waals surface area contributed by atoms with E-state index < -0.39 is 10.8 Å². The average molecular weight is 321 g/mol. The number of amides is 1. The first-order valence-corrected chi connectivity index (χ1v) is 5.04. The third-order valence-electron chi connectivity index (χ3n) is 1.61. The molecular weight excluding hydrogens is 313 g/mol. The number of nitrogens with one attached hydrogen (secondary N) is 1. The van der Waals surface area contributed by atoms with Gasteiger partial charge in [0.05, 0.1) is 11.5 Å². The number of hydrogen-bond acceptors (Lipinski definition) is 4. The number of anilines is 1. The molecule has 3 N–H and O–H groups in total. The summed E-state index contributed by atoms with van der Waals surface area (Å²) in [6.45, 7) is -0.124. The summed E-state index contributed by atoms with van der Waals surface area (Å²) in [6, 6.07) is 4.67. The molecule has 0 radical (unpaired) electrons. The summed E-state index contributed by atoms with van der Waals surface area (Å²) in [5, 5.41) is 13.3. The lowest BCUT2D eigenvalue weighted by molar-refractivity contribution is -0.384. The van der Waals surface area contributed by atoms with Gasteiger partial charge in [0.15, 0.2) is 0 Å². The Morgan fingerprint density at radius 1 is 1.60 bits per heavy atom. The lowest BCUT2D eigenvalue weighted by Crippen LogP contribution is -2.22. The maximum absolute atomic E-state index is 10.7. The van der Waals surface area contributed by atoms with Crippen LogP contribution in [0.5, 0.6) is 0 Å². The lowest BCUT2D eigenvalue weighted by Gasteiger charge is -2.04. The van der Waals surface area contributed by atoms with E-state index in [1.807, 2.05) is 22.6 Å². The van der Waals surface area contributed by atoms with E-state index in [0.717, 1.165) is 3.57 Å². The molecule has 1 rings (SSSR count). The van der Waals surface area contributed by atoms with Gasteiger partial charge in [-0.15, -0.1) is 0 Å². The first kappa shape index (κ1) is 11.7. The minimum atomic E-state index is -0.567. The van der Waals surface area contributed by atoms with Crippen LogP contribution in [0.3, 0.4) is 0 Å². The summed E-state index contributed by atoms with van der Waals surface area (Å²) in [7, 11) is 0. The smallest absolute Gasteiger partial charge is 0.293 e. The summed E-state index contributed by atoms with van der Waals surface area (Å²) >= 11 is 1.97. The third kappa shape index (κ3) is 3.35. The molecule has 0 aliphatic carbocycles. The van der Waals surface area contributed by atoms with E-state index in [-0.39, 0.29) is 12.2 Å². The molecule has 0 unspecified atom stereocenters. The highest BCUT2D eigenvalue weighted by Gasteiger charge is 2.13. The zero-order valence-corrected chi connectivity index (χ0v) is 9.72. The largest absolute Gasteiger partial charge is 0.371 e. The second kappa shape index (κ2) is 4.91. The fourth-order valence-corrected chi connectivity index (χ4v) is 1.46. The van der Waals surface area contributed by atoms with Gasteiger partial charge in [-0.25, -0.2) is 0 Å². The van der Waals surface area contributed by atoms with Crippen molar-refractivity contribution < 1.29 is 9.72 Å². The van der Waals surface area contributed by atoms with E-state index >= 15 is 0 Å². The Balaban J connectivity index is 2.95.